The molecule has 0 aliphatic carbocycles. The molecule has 1 rings (SSSR count). The van der Waals surface area contributed by atoms with Gasteiger partial charge in [0, 0.05) is 5.69 Å². The second-order valence-electron chi connectivity index (χ2n) is 3.20. The Labute approximate surface area is 84.1 Å². The van der Waals surface area contributed by atoms with Crippen molar-refractivity contribution in [2.45, 2.75) is 26.7 Å². The molecule has 0 radical (unpaired) electrons. The zero-order valence-corrected chi connectivity index (χ0v) is 8.83. The molecular formula is C11H15NO2. The molecule has 76 valence electrons. The molecule has 0 unspecified atom stereocenters. The molecule has 0 saturated heterocycles. The van der Waals surface area contributed by atoms with Crippen molar-refractivity contribution in [2.75, 3.05) is 7.11 Å². The van der Waals surface area contributed by atoms with Crippen LogP contribution >= 0.6 is 0 Å². The second-order valence-corrected chi connectivity index (χ2v) is 3.20. The van der Waals surface area contributed by atoms with Crippen molar-refractivity contribution in [1.29, 1.82) is 0 Å². The molecule has 0 aromatic carbocycles. The molecule has 0 amide bonds. The van der Waals surface area contributed by atoms with Gasteiger partial charge in [0.1, 0.15) is 0 Å². The molecule has 0 N–H and O–H groups in total. The van der Waals surface area contributed by atoms with E-state index in [2.05, 4.69) is 11.9 Å². The average Bonchev–Trinajstić information content (AvgIpc) is 2.20. The summed E-state index contributed by atoms with van der Waals surface area (Å²) in [7, 11) is 1.52. The number of hydrogen-bond donors (Lipinski definition) is 0. The minimum absolute atomic E-state index is 0.414. The lowest BCUT2D eigenvalue weighted by Gasteiger charge is -2.08. The standard InChI is InChI=1S/C11H15NO2/c1-4-5-9-6-10(7-13)11(14-3)12-8(9)2/h6-7H,4-5H2,1-3H3. The van der Waals surface area contributed by atoms with E-state index in [1.54, 1.807) is 0 Å². The van der Waals surface area contributed by atoms with Crippen molar-refractivity contribution in [3.63, 3.8) is 0 Å². The van der Waals surface area contributed by atoms with E-state index in [4.69, 9.17) is 4.74 Å². The molecule has 0 spiro atoms. The van der Waals surface area contributed by atoms with Crippen LogP contribution in [0.1, 0.15) is 35.0 Å². The van der Waals surface area contributed by atoms with E-state index in [0.29, 0.717) is 11.4 Å². The second kappa shape index (κ2) is 4.74. The summed E-state index contributed by atoms with van der Waals surface area (Å²) in [5.74, 6) is 0.414. The van der Waals surface area contributed by atoms with Crippen LogP contribution < -0.4 is 4.74 Å². The number of aryl methyl sites for hydroxylation is 2. The number of carbonyl (C=O) groups is 1. The van der Waals surface area contributed by atoms with Gasteiger partial charge in [0.2, 0.25) is 5.88 Å². The Hall–Kier alpha value is -1.38. The Kier molecular flexibility index (Phi) is 3.63. The first kappa shape index (κ1) is 10.7. The number of aldehydes is 1. The van der Waals surface area contributed by atoms with Gasteiger partial charge in [-0.05, 0) is 25.0 Å². The maximum atomic E-state index is 10.7. The SMILES string of the molecule is CCCc1cc(C=O)c(OC)nc1C. The van der Waals surface area contributed by atoms with Crippen molar-refractivity contribution in [3.05, 3.63) is 22.9 Å². The molecule has 0 atom stereocenters. The highest BCUT2D eigenvalue weighted by Gasteiger charge is 2.08. The highest BCUT2D eigenvalue weighted by molar-refractivity contribution is 5.78. The summed E-state index contributed by atoms with van der Waals surface area (Å²) >= 11 is 0. The van der Waals surface area contributed by atoms with Crippen molar-refractivity contribution >= 4 is 6.29 Å². The van der Waals surface area contributed by atoms with Gasteiger partial charge in [-0.3, -0.25) is 4.79 Å². The lowest BCUT2D eigenvalue weighted by Crippen LogP contribution is -2.00. The summed E-state index contributed by atoms with van der Waals surface area (Å²) in [4.78, 5) is 15.0. The quantitative estimate of drug-likeness (QED) is 0.688. The fourth-order valence-corrected chi connectivity index (χ4v) is 1.41. The van der Waals surface area contributed by atoms with Crippen LogP contribution in [0.25, 0.3) is 0 Å². The third-order valence-electron chi connectivity index (χ3n) is 2.15. The van der Waals surface area contributed by atoms with E-state index in [1.165, 1.54) is 7.11 Å². The average molecular weight is 193 g/mol. The molecule has 1 aromatic heterocycles. The predicted molar refractivity (Wildman–Crippen MR) is 54.9 cm³/mol. The van der Waals surface area contributed by atoms with E-state index < -0.39 is 0 Å². The fraction of sp³-hybridized carbons (Fsp3) is 0.455. The topological polar surface area (TPSA) is 39.2 Å². The molecule has 3 heteroatoms. The first-order chi connectivity index (χ1) is 6.72. The lowest BCUT2D eigenvalue weighted by atomic mass is 10.1. The van der Waals surface area contributed by atoms with Gasteiger partial charge in [-0.2, -0.15) is 0 Å². The molecule has 0 fully saturated rings. The van der Waals surface area contributed by atoms with E-state index >= 15 is 0 Å². The van der Waals surface area contributed by atoms with Crippen LogP contribution in [0.5, 0.6) is 5.88 Å². The van der Waals surface area contributed by atoms with Crippen molar-refractivity contribution in [3.8, 4) is 5.88 Å². The van der Waals surface area contributed by atoms with Gasteiger partial charge in [-0.25, -0.2) is 4.98 Å². The van der Waals surface area contributed by atoms with Crippen LogP contribution in [0.2, 0.25) is 0 Å². The zero-order valence-electron chi connectivity index (χ0n) is 8.83. The van der Waals surface area contributed by atoms with Crippen LogP contribution in [0.4, 0.5) is 0 Å². The number of methoxy groups -OCH3 is 1. The summed E-state index contributed by atoms with van der Waals surface area (Å²) in [6.07, 6.45) is 2.78. The Morgan fingerprint density at radius 2 is 2.29 bits per heavy atom. The molecule has 14 heavy (non-hydrogen) atoms. The Morgan fingerprint density at radius 1 is 1.57 bits per heavy atom. The van der Waals surface area contributed by atoms with Crippen LogP contribution in [-0.4, -0.2) is 18.4 Å². The van der Waals surface area contributed by atoms with Gasteiger partial charge in [0.05, 0.1) is 12.7 Å². The number of pyridine rings is 1. The largest absolute Gasteiger partial charge is 0.480 e. The fourth-order valence-electron chi connectivity index (χ4n) is 1.41. The number of rotatable bonds is 4. The van der Waals surface area contributed by atoms with Crippen LogP contribution in [-0.2, 0) is 6.42 Å². The Bertz CT molecular complexity index is 334. The minimum Gasteiger partial charge on any atom is -0.480 e. The van der Waals surface area contributed by atoms with E-state index in [0.717, 1.165) is 30.4 Å². The maximum absolute atomic E-state index is 10.7. The van der Waals surface area contributed by atoms with E-state index in [1.807, 2.05) is 13.0 Å². The van der Waals surface area contributed by atoms with Crippen molar-refractivity contribution in [2.24, 2.45) is 0 Å². The monoisotopic (exact) mass is 193 g/mol. The molecular weight excluding hydrogens is 178 g/mol. The number of aromatic nitrogens is 1. The zero-order chi connectivity index (χ0) is 10.6. The molecule has 3 nitrogen and oxygen atoms in total. The van der Waals surface area contributed by atoms with Crippen LogP contribution in [0.3, 0.4) is 0 Å². The molecule has 1 aromatic rings. The van der Waals surface area contributed by atoms with Crippen molar-refractivity contribution < 1.29 is 9.53 Å². The van der Waals surface area contributed by atoms with Gasteiger partial charge >= 0.3 is 0 Å². The third kappa shape index (κ3) is 2.10. The lowest BCUT2D eigenvalue weighted by molar-refractivity contribution is 0.111. The normalized spacial score (nSPS) is 9.93. The summed E-state index contributed by atoms with van der Waals surface area (Å²) in [6.45, 7) is 4.03. The highest BCUT2D eigenvalue weighted by Crippen LogP contribution is 2.18. The molecule has 0 bridgehead atoms. The van der Waals surface area contributed by atoms with Crippen LogP contribution in [0, 0.1) is 6.92 Å². The first-order valence-corrected chi connectivity index (χ1v) is 4.72. The number of hydrogen-bond acceptors (Lipinski definition) is 3. The smallest absolute Gasteiger partial charge is 0.224 e. The maximum Gasteiger partial charge on any atom is 0.224 e. The van der Waals surface area contributed by atoms with Gasteiger partial charge in [0.15, 0.2) is 6.29 Å². The molecule has 0 saturated carbocycles. The molecule has 0 aliphatic rings. The van der Waals surface area contributed by atoms with E-state index in [-0.39, 0.29) is 0 Å². The first-order valence-electron chi connectivity index (χ1n) is 4.72. The Balaban J connectivity index is 3.16. The third-order valence-corrected chi connectivity index (χ3v) is 2.15. The predicted octanol–water partition coefficient (Wildman–Crippen LogP) is 2.16. The molecule has 0 aliphatic heterocycles. The van der Waals surface area contributed by atoms with Crippen molar-refractivity contribution in [1.82, 2.24) is 4.98 Å². The Morgan fingerprint density at radius 3 is 2.79 bits per heavy atom. The number of nitrogens with zero attached hydrogens (tertiary/aromatic N) is 1. The van der Waals surface area contributed by atoms with E-state index in [9.17, 15) is 4.79 Å². The summed E-state index contributed by atoms with van der Waals surface area (Å²) in [5, 5.41) is 0. The molecule has 1 heterocycles. The summed E-state index contributed by atoms with van der Waals surface area (Å²) < 4.78 is 5.01. The summed E-state index contributed by atoms with van der Waals surface area (Å²) in [6, 6.07) is 1.86. The van der Waals surface area contributed by atoms with Crippen LogP contribution in [0.15, 0.2) is 6.07 Å². The highest BCUT2D eigenvalue weighted by atomic mass is 16.5. The van der Waals surface area contributed by atoms with Gasteiger partial charge in [-0.15, -0.1) is 0 Å². The number of ether oxygens (including phenoxy) is 1. The minimum atomic E-state index is 0.414. The number of carbonyl (C=O) groups excluding carboxylic acids is 1. The van der Waals surface area contributed by atoms with Gasteiger partial charge in [-0.1, -0.05) is 13.3 Å². The van der Waals surface area contributed by atoms with Gasteiger partial charge in [0.25, 0.3) is 0 Å². The summed E-state index contributed by atoms with van der Waals surface area (Å²) in [5.41, 5.74) is 2.59. The van der Waals surface area contributed by atoms with Gasteiger partial charge < -0.3 is 4.74 Å².